The average Bonchev–Trinajstić information content (AvgIpc) is 2.50. The van der Waals surface area contributed by atoms with Crippen LogP contribution in [-0.2, 0) is 4.79 Å². The summed E-state index contributed by atoms with van der Waals surface area (Å²) in [7, 11) is 0. The Morgan fingerprint density at radius 2 is 1.67 bits per heavy atom. The van der Waals surface area contributed by atoms with Crippen molar-refractivity contribution in [3.8, 4) is 0 Å². The van der Waals surface area contributed by atoms with E-state index >= 15 is 0 Å². The van der Waals surface area contributed by atoms with Crippen LogP contribution in [0.25, 0.3) is 0 Å². The summed E-state index contributed by atoms with van der Waals surface area (Å²) in [6.07, 6.45) is 0. The minimum absolute atomic E-state index is 0.198. The van der Waals surface area contributed by atoms with E-state index in [4.69, 9.17) is 0 Å². The molecule has 0 aliphatic heterocycles. The molecular weight excluding hydrogens is 314 g/mol. The van der Waals surface area contributed by atoms with Gasteiger partial charge < -0.3 is 10.6 Å². The van der Waals surface area contributed by atoms with Gasteiger partial charge in [-0.05, 0) is 30.3 Å². The fraction of sp³-hybridized carbons (Fsp3) is 0.222. The number of carbonyl (C=O) groups is 2. The maximum absolute atomic E-state index is 13.6. The first-order chi connectivity index (χ1) is 11.2. The third-order valence-electron chi connectivity index (χ3n) is 3.24. The van der Waals surface area contributed by atoms with Crippen LogP contribution in [0.4, 0.5) is 20.2 Å². The van der Waals surface area contributed by atoms with Gasteiger partial charge in [0.15, 0.2) is 0 Å². The van der Waals surface area contributed by atoms with Gasteiger partial charge in [-0.25, -0.2) is 8.78 Å². The number of nitrogens with one attached hydrogen (secondary N) is 2. The van der Waals surface area contributed by atoms with Gasteiger partial charge in [-0.15, -0.1) is 0 Å². The monoisotopic (exact) mass is 332 g/mol. The molecule has 24 heavy (non-hydrogen) atoms. The molecule has 0 aliphatic rings. The van der Waals surface area contributed by atoms with Crippen molar-refractivity contribution < 1.29 is 18.4 Å². The molecule has 0 aliphatic carbocycles. The molecular formula is C18H18F2N2O2. The molecule has 0 unspecified atom stereocenters. The third kappa shape index (κ3) is 4.38. The lowest BCUT2D eigenvalue weighted by Crippen LogP contribution is -2.27. The van der Waals surface area contributed by atoms with Crippen LogP contribution in [0.5, 0.6) is 0 Å². The quantitative estimate of drug-likeness (QED) is 0.885. The molecule has 0 saturated carbocycles. The molecule has 0 spiro atoms. The Labute approximate surface area is 138 Å². The minimum atomic E-state index is -0.734. The number of rotatable bonds is 3. The maximum Gasteiger partial charge on any atom is 0.255 e. The molecule has 4 nitrogen and oxygen atoms in total. The van der Waals surface area contributed by atoms with Gasteiger partial charge in [-0.3, -0.25) is 9.59 Å². The molecule has 2 aromatic carbocycles. The van der Waals surface area contributed by atoms with Crippen LogP contribution in [0.15, 0.2) is 42.5 Å². The molecule has 0 fully saturated rings. The Morgan fingerprint density at radius 1 is 0.958 bits per heavy atom. The first-order valence-electron chi connectivity index (χ1n) is 7.35. The van der Waals surface area contributed by atoms with E-state index in [-0.39, 0.29) is 17.2 Å². The SMILES string of the molecule is CC(C)(C)C(=O)Nc1cccc(C(=O)Nc2cc(F)ccc2F)c1. The molecule has 6 heteroatoms. The number of anilines is 2. The van der Waals surface area contributed by atoms with E-state index in [0.717, 1.165) is 18.2 Å². The van der Waals surface area contributed by atoms with Crippen molar-refractivity contribution in [1.82, 2.24) is 0 Å². The Bertz CT molecular complexity index is 783. The number of halogens is 2. The van der Waals surface area contributed by atoms with E-state index in [1.54, 1.807) is 32.9 Å². The maximum atomic E-state index is 13.6. The summed E-state index contributed by atoms with van der Waals surface area (Å²) in [6.45, 7) is 5.31. The lowest BCUT2D eigenvalue weighted by atomic mass is 9.95. The van der Waals surface area contributed by atoms with E-state index in [1.807, 2.05) is 0 Å². The largest absolute Gasteiger partial charge is 0.326 e. The van der Waals surface area contributed by atoms with E-state index in [1.165, 1.54) is 12.1 Å². The highest BCUT2D eigenvalue weighted by molar-refractivity contribution is 6.05. The zero-order chi connectivity index (χ0) is 17.9. The third-order valence-corrected chi connectivity index (χ3v) is 3.24. The standard InChI is InChI=1S/C18H18F2N2O2/c1-18(2,3)17(24)21-13-6-4-5-11(9-13)16(23)22-15-10-12(19)7-8-14(15)20/h4-10H,1-3H3,(H,21,24)(H,22,23). The van der Waals surface area contributed by atoms with E-state index in [2.05, 4.69) is 10.6 Å². The molecule has 2 amide bonds. The molecule has 126 valence electrons. The van der Waals surface area contributed by atoms with E-state index in [9.17, 15) is 18.4 Å². The number of amides is 2. The van der Waals surface area contributed by atoms with Crippen molar-refractivity contribution in [2.75, 3.05) is 10.6 Å². The van der Waals surface area contributed by atoms with Crippen molar-refractivity contribution >= 4 is 23.2 Å². The molecule has 0 atom stereocenters. The summed E-state index contributed by atoms with van der Waals surface area (Å²) in [5.74, 6) is -2.19. The van der Waals surface area contributed by atoms with Crippen LogP contribution in [0.2, 0.25) is 0 Å². The summed E-state index contributed by atoms with van der Waals surface area (Å²) in [5.41, 5.74) is -0.167. The predicted octanol–water partition coefficient (Wildman–Crippen LogP) is 4.20. The second-order valence-electron chi connectivity index (χ2n) is 6.36. The second kappa shape index (κ2) is 6.78. The summed E-state index contributed by atoms with van der Waals surface area (Å²) < 4.78 is 26.7. The molecule has 2 aromatic rings. The summed E-state index contributed by atoms with van der Waals surface area (Å²) in [5, 5.41) is 5.02. The second-order valence-corrected chi connectivity index (χ2v) is 6.36. The molecule has 2 N–H and O–H groups in total. The lowest BCUT2D eigenvalue weighted by Gasteiger charge is -2.18. The lowest BCUT2D eigenvalue weighted by molar-refractivity contribution is -0.123. The molecule has 0 bridgehead atoms. The van der Waals surface area contributed by atoms with Crippen LogP contribution in [0, 0.1) is 17.0 Å². The topological polar surface area (TPSA) is 58.2 Å². The summed E-state index contributed by atoms with van der Waals surface area (Å²) >= 11 is 0. The smallest absolute Gasteiger partial charge is 0.255 e. The minimum Gasteiger partial charge on any atom is -0.326 e. The molecule has 0 radical (unpaired) electrons. The van der Waals surface area contributed by atoms with Crippen molar-refractivity contribution in [1.29, 1.82) is 0 Å². The van der Waals surface area contributed by atoms with Gasteiger partial charge in [-0.2, -0.15) is 0 Å². The molecule has 2 rings (SSSR count). The van der Waals surface area contributed by atoms with Gasteiger partial charge in [-0.1, -0.05) is 26.8 Å². The first kappa shape index (κ1) is 17.6. The van der Waals surface area contributed by atoms with Crippen molar-refractivity contribution in [3.63, 3.8) is 0 Å². The average molecular weight is 332 g/mol. The highest BCUT2D eigenvalue weighted by atomic mass is 19.1. The number of benzene rings is 2. The predicted molar refractivity (Wildman–Crippen MR) is 88.8 cm³/mol. The zero-order valence-electron chi connectivity index (χ0n) is 13.6. The normalized spacial score (nSPS) is 11.0. The number of hydrogen-bond donors (Lipinski definition) is 2. The van der Waals surface area contributed by atoms with Gasteiger partial charge in [0.25, 0.3) is 5.91 Å². The zero-order valence-corrected chi connectivity index (χ0v) is 13.6. The Kier molecular flexibility index (Phi) is 4.97. The van der Waals surface area contributed by atoms with Crippen LogP contribution >= 0.6 is 0 Å². The molecule has 0 aromatic heterocycles. The highest BCUT2D eigenvalue weighted by Crippen LogP contribution is 2.20. The van der Waals surface area contributed by atoms with Crippen molar-refractivity contribution in [2.45, 2.75) is 20.8 Å². The summed E-state index contributed by atoms with van der Waals surface area (Å²) in [6, 6.07) is 9.02. The van der Waals surface area contributed by atoms with Crippen LogP contribution in [-0.4, -0.2) is 11.8 Å². The van der Waals surface area contributed by atoms with E-state index < -0.39 is 23.0 Å². The first-order valence-corrected chi connectivity index (χ1v) is 7.35. The van der Waals surface area contributed by atoms with Crippen molar-refractivity contribution in [3.05, 3.63) is 59.7 Å². The Hall–Kier alpha value is -2.76. The molecule has 0 saturated heterocycles. The Balaban J connectivity index is 2.17. The highest BCUT2D eigenvalue weighted by Gasteiger charge is 2.21. The summed E-state index contributed by atoms with van der Waals surface area (Å²) in [4.78, 5) is 24.2. The fourth-order valence-electron chi connectivity index (χ4n) is 1.84. The van der Waals surface area contributed by atoms with E-state index in [0.29, 0.717) is 5.69 Å². The van der Waals surface area contributed by atoms with Gasteiger partial charge in [0, 0.05) is 22.7 Å². The number of carbonyl (C=O) groups excluding carboxylic acids is 2. The molecule has 0 heterocycles. The number of hydrogen-bond acceptors (Lipinski definition) is 2. The fourth-order valence-corrected chi connectivity index (χ4v) is 1.84. The van der Waals surface area contributed by atoms with Crippen LogP contribution < -0.4 is 10.6 Å². The van der Waals surface area contributed by atoms with Gasteiger partial charge in [0.05, 0.1) is 5.69 Å². The van der Waals surface area contributed by atoms with Gasteiger partial charge >= 0.3 is 0 Å². The van der Waals surface area contributed by atoms with Gasteiger partial charge in [0.2, 0.25) is 5.91 Å². The van der Waals surface area contributed by atoms with Crippen molar-refractivity contribution in [2.24, 2.45) is 5.41 Å². The Morgan fingerprint density at radius 3 is 2.33 bits per heavy atom. The van der Waals surface area contributed by atoms with Crippen LogP contribution in [0.3, 0.4) is 0 Å². The van der Waals surface area contributed by atoms with Crippen LogP contribution in [0.1, 0.15) is 31.1 Å². The van der Waals surface area contributed by atoms with Gasteiger partial charge in [0.1, 0.15) is 11.6 Å².